The summed E-state index contributed by atoms with van der Waals surface area (Å²) in [4.78, 5) is 22.7. The van der Waals surface area contributed by atoms with E-state index in [1.54, 1.807) is 19.1 Å². The molecule has 13 heteroatoms. The molecule has 1 N–H and O–H groups in total. The molecule has 1 aliphatic heterocycles. The number of pyridine rings is 2. The molecule has 37 heavy (non-hydrogen) atoms. The zero-order chi connectivity index (χ0) is 26.8. The van der Waals surface area contributed by atoms with Crippen molar-refractivity contribution in [1.82, 2.24) is 20.2 Å². The van der Waals surface area contributed by atoms with E-state index in [2.05, 4.69) is 25.5 Å². The Morgan fingerprint density at radius 3 is 2.57 bits per heavy atom. The first-order valence-corrected chi connectivity index (χ1v) is 13.4. The van der Waals surface area contributed by atoms with Gasteiger partial charge in [0.2, 0.25) is 5.03 Å². The van der Waals surface area contributed by atoms with Crippen LogP contribution < -0.4 is 10.2 Å². The van der Waals surface area contributed by atoms with Crippen molar-refractivity contribution in [1.29, 1.82) is 0 Å². The van der Waals surface area contributed by atoms with Crippen LogP contribution in [0.3, 0.4) is 0 Å². The molecule has 0 atom stereocenters. The van der Waals surface area contributed by atoms with Crippen LogP contribution in [0.15, 0.2) is 41.7 Å². The highest BCUT2D eigenvalue weighted by atomic mass is 32.2. The molecule has 0 aliphatic carbocycles. The summed E-state index contributed by atoms with van der Waals surface area (Å²) in [7, 11) is -3.65. The zero-order valence-corrected chi connectivity index (χ0v) is 21.3. The Balaban J connectivity index is 1.67. The fourth-order valence-corrected chi connectivity index (χ4v) is 4.57. The number of hydrogen-bond acceptors (Lipinski definition) is 9. The van der Waals surface area contributed by atoms with Gasteiger partial charge in [-0.25, -0.2) is 8.42 Å². The average Bonchev–Trinajstić information content (AvgIpc) is 2.89. The van der Waals surface area contributed by atoms with Crippen LogP contribution >= 0.6 is 0 Å². The number of hydrogen-bond donors (Lipinski definition) is 1. The number of anilines is 2. The lowest BCUT2D eigenvalue weighted by atomic mass is 10.1. The van der Waals surface area contributed by atoms with Gasteiger partial charge in [-0.15, -0.1) is 10.2 Å². The number of nitrogens with zero attached hydrogens (tertiary/aromatic N) is 5. The summed E-state index contributed by atoms with van der Waals surface area (Å²) in [5.74, 6) is -3.76. The average molecular weight is 533 g/mol. The maximum absolute atomic E-state index is 14.0. The Hall–Kier alpha value is -3.58. The largest absolute Gasteiger partial charge is 0.378 e. The van der Waals surface area contributed by atoms with Crippen LogP contribution in [-0.2, 0) is 20.5 Å². The van der Waals surface area contributed by atoms with Crippen LogP contribution in [0.5, 0.6) is 0 Å². The smallest absolute Gasteiger partial charge is 0.289 e. The number of morpholine rings is 1. The van der Waals surface area contributed by atoms with Crippen molar-refractivity contribution in [3.05, 3.63) is 53.6 Å². The third-order valence-corrected chi connectivity index (χ3v) is 6.90. The lowest BCUT2D eigenvalue weighted by Crippen LogP contribution is -2.37. The van der Waals surface area contributed by atoms with Crippen molar-refractivity contribution in [3.8, 4) is 11.3 Å². The van der Waals surface area contributed by atoms with Gasteiger partial charge in [0.15, 0.2) is 9.84 Å². The van der Waals surface area contributed by atoms with Crippen LogP contribution in [0.25, 0.3) is 11.3 Å². The van der Waals surface area contributed by atoms with E-state index in [0.29, 0.717) is 54.6 Å². The molecule has 1 amide bonds. The third-order valence-electron chi connectivity index (χ3n) is 5.91. The molecule has 196 valence electrons. The quantitative estimate of drug-likeness (QED) is 0.488. The van der Waals surface area contributed by atoms with E-state index in [-0.39, 0.29) is 10.6 Å². The van der Waals surface area contributed by atoms with Crippen molar-refractivity contribution >= 4 is 27.1 Å². The second-order valence-electron chi connectivity index (χ2n) is 8.59. The molecule has 3 aromatic rings. The Kier molecular flexibility index (Phi) is 7.46. The highest BCUT2D eigenvalue weighted by Gasteiger charge is 2.31. The van der Waals surface area contributed by atoms with E-state index in [4.69, 9.17) is 4.74 Å². The fraction of sp³-hybridized carbons (Fsp3) is 0.375. The Bertz CT molecular complexity index is 1430. The Labute approximate surface area is 213 Å². The van der Waals surface area contributed by atoms with Gasteiger partial charge in [0, 0.05) is 48.8 Å². The highest BCUT2D eigenvalue weighted by molar-refractivity contribution is 7.90. The molecule has 1 fully saturated rings. The summed E-state index contributed by atoms with van der Waals surface area (Å²) in [6.45, 7) is 4.96. The summed E-state index contributed by atoms with van der Waals surface area (Å²) in [6.07, 6.45) is 3.23. The molecule has 0 spiro atoms. The van der Waals surface area contributed by atoms with Gasteiger partial charge in [-0.05, 0) is 31.2 Å². The lowest BCUT2D eigenvalue weighted by molar-refractivity contribution is -0.0128. The standard InChI is InChI=1S/C24H26F2N6O4S/c1-4-24(25,26)21-11-16(5-6-27-21)22(33)29-17-12-18(15(2)28-14-17)19-13-20(32-7-9-36-10-8-32)23(31-30-19)37(3,34)35/h5-6,11-14H,4,7-10H2,1-3H3,(H,29,33). The number of sulfone groups is 1. The molecule has 0 unspecified atom stereocenters. The third kappa shape index (κ3) is 5.88. The number of rotatable bonds is 7. The Morgan fingerprint density at radius 2 is 1.89 bits per heavy atom. The van der Waals surface area contributed by atoms with Gasteiger partial charge in [-0.1, -0.05) is 6.92 Å². The number of amides is 1. The number of alkyl halides is 2. The van der Waals surface area contributed by atoms with Crippen LogP contribution in [-0.4, -0.2) is 67.0 Å². The highest BCUT2D eigenvalue weighted by Crippen LogP contribution is 2.32. The van der Waals surface area contributed by atoms with Gasteiger partial charge in [-0.2, -0.15) is 8.78 Å². The first-order chi connectivity index (χ1) is 17.5. The van der Waals surface area contributed by atoms with Gasteiger partial charge >= 0.3 is 0 Å². The van der Waals surface area contributed by atoms with Gasteiger partial charge < -0.3 is 15.0 Å². The van der Waals surface area contributed by atoms with E-state index in [0.717, 1.165) is 12.3 Å². The van der Waals surface area contributed by atoms with Crippen molar-refractivity contribution < 1.29 is 26.7 Å². The van der Waals surface area contributed by atoms with E-state index in [9.17, 15) is 22.0 Å². The van der Waals surface area contributed by atoms with Crippen LogP contribution in [0.1, 0.15) is 35.1 Å². The molecule has 0 saturated carbocycles. The maximum atomic E-state index is 14.0. The minimum absolute atomic E-state index is 0.0205. The van der Waals surface area contributed by atoms with Crippen molar-refractivity contribution in [3.63, 3.8) is 0 Å². The number of halogens is 2. The minimum atomic E-state index is -3.65. The molecule has 1 aliphatic rings. The number of nitrogens with one attached hydrogen (secondary N) is 1. The molecule has 4 heterocycles. The predicted octanol–water partition coefficient (Wildman–Crippen LogP) is 3.24. The zero-order valence-electron chi connectivity index (χ0n) is 20.5. The topological polar surface area (TPSA) is 127 Å². The second-order valence-corrected chi connectivity index (χ2v) is 10.5. The monoisotopic (exact) mass is 532 g/mol. The first kappa shape index (κ1) is 26.5. The fourth-order valence-electron chi connectivity index (χ4n) is 3.81. The molecule has 0 bridgehead atoms. The van der Waals surface area contributed by atoms with Gasteiger partial charge in [-0.3, -0.25) is 14.8 Å². The van der Waals surface area contributed by atoms with Gasteiger partial charge in [0.05, 0.1) is 36.5 Å². The summed E-state index contributed by atoms with van der Waals surface area (Å²) >= 11 is 0. The summed E-state index contributed by atoms with van der Waals surface area (Å²) in [5, 5.41) is 10.7. The van der Waals surface area contributed by atoms with Crippen molar-refractivity contribution in [2.45, 2.75) is 31.2 Å². The SMILES string of the molecule is CCC(F)(F)c1cc(C(=O)Nc2cnc(C)c(-c3cc(N4CCOCC4)c(S(C)(=O)=O)nn3)c2)ccn1. The van der Waals surface area contributed by atoms with E-state index in [1.165, 1.54) is 25.4 Å². The number of ether oxygens (including phenoxy) is 1. The summed E-state index contributed by atoms with van der Waals surface area (Å²) < 4.78 is 58.2. The molecule has 0 radical (unpaired) electrons. The molecule has 10 nitrogen and oxygen atoms in total. The van der Waals surface area contributed by atoms with E-state index >= 15 is 0 Å². The van der Waals surface area contributed by atoms with E-state index < -0.39 is 33.8 Å². The molecule has 3 aromatic heterocycles. The van der Waals surface area contributed by atoms with Crippen LogP contribution in [0.4, 0.5) is 20.2 Å². The molecular formula is C24H26F2N6O4S. The number of aryl methyl sites for hydroxylation is 1. The Morgan fingerprint density at radius 1 is 1.16 bits per heavy atom. The van der Waals surface area contributed by atoms with Crippen molar-refractivity contribution in [2.24, 2.45) is 0 Å². The minimum Gasteiger partial charge on any atom is -0.378 e. The maximum Gasteiger partial charge on any atom is 0.289 e. The van der Waals surface area contributed by atoms with Crippen molar-refractivity contribution in [2.75, 3.05) is 42.8 Å². The van der Waals surface area contributed by atoms with Crippen LogP contribution in [0.2, 0.25) is 0 Å². The lowest BCUT2D eigenvalue weighted by Gasteiger charge is -2.29. The molecule has 4 rings (SSSR count). The number of carbonyl (C=O) groups excluding carboxylic acids is 1. The van der Waals surface area contributed by atoms with Gasteiger partial charge in [0.25, 0.3) is 11.8 Å². The van der Waals surface area contributed by atoms with Gasteiger partial charge in [0.1, 0.15) is 5.69 Å². The molecular weight excluding hydrogens is 506 g/mol. The summed E-state index contributed by atoms with van der Waals surface area (Å²) in [5.41, 5.74) is 1.70. The first-order valence-electron chi connectivity index (χ1n) is 11.5. The molecule has 0 aromatic carbocycles. The normalized spacial score (nSPS) is 14.5. The number of carbonyl (C=O) groups is 1. The molecule has 1 saturated heterocycles. The number of aromatic nitrogens is 4. The summed E-state index contributed by atoms with van der Waals surface area (Å²) in [6, 6.07) is 5.66. The van der Waals surface area contributed by atoms with Crippen LogP contribution in [0, 0.1) is 6.92 Å². The second kappa shape index (κ2) is 10.4. The van der Waals surface area contributed by atoms with E-state index in [1.807, 2.05) is 4.90 Å². The predicted molar refractivity (Wildman–Crippen MR) is 133 cm³/mol.